The molecule has 0 fully saturated rings. The number of carbonyl (C=O) groups is 1. The number of aryl methyl sites for hydroxylation is 1. The molecule has 4 aromatic rings. The summed E-state index contributed by atoms with van der Waals surface area (Å²) in [5, 5.41) is 14.7. The number of aromatic carboxylic acids is 1. The van der Waals surface area contributed by atoms with Crippen LogP contribution in [0.1, 0.15) is 39.5 Å². The number of fused-ring (bicyclic) bond motifs is 5. The Hall–Kier alpha value is -3.20. The Bertz CT molecular complexity index is 1200. The lowest BCUT2D eigenvalue weighted by Gasteiger charge is -2.27. The maximum atomic E-state index is 11.5. The van der Waals surface area contributed by atoms with E-state index in [1.807, 2.05) is 12.1 Å². The van der Waals surface area contributed by atoms with E-state index in [2.05, 4.69) is 53.5 Å². The number of carboxylic acids is 1. The van der Waals surface area contributed by atoms with Crippen LogP contribution in [0.4, 0.5) is 0 Å². The van der Waals surface area contributed by atoms with E-state index in [0.29, 0.717) is 0 Å². The van der Waals surface area contributed by atoms with Crippen molar-refractivity contribution >= 4 is 27.5 Å². The van der Waals surface area contributed by atoms with Crippen LogP contribution in [0.25, 0.3) is 21.5 Å². The van der Waals surface area contributed by atoms with E-state index in [4.69, 9.17) is 0 Å². The zero-order chi connectivity index (χ0) is 18.4. The second-order valence-corrected chi connectivity index (χ2v) is 7.27. The van der Waals surface area contributed by atoms with Gasteiger partial charge in [0.1, 0.15) is 0 Å². The normalized spacial score (nSPS) is 16.4. The van der Waals surface area contributed by atoms with E-state index in [-0.39, 0.29) is 11.6 Å². The lowest BCUT2D eigenvalue weighted by Crippen LogP contribution is -2.17. The topological polar surface area (TPSA) is 50.2 Å². The van der Waals surface area contributed by atoms with Crippen LogP contribution in [0.15, 0.2) is 66.9 Å². The Morgan fingerprint density at radius 3 is 2.67 bits per heavy atom. The molecule has 1 aromatic heterocycles. The van der Waals surface area contributed by atoms with Crippen LogP contribution < -0.4 is 0 Å². The van der Waals surface area contributed by atoms with E-state index < -0.39 is 5.97 Å². The van der Waals surface area contributed by atoms with Gasteiger partial charge in [0.2, 0.25) is 0 Å². The summed E-state index contributed by atoms with van der Waals surface area (Å²) in [6.45, 7) is 0. The zero-order valence-electron chi connectivity index (χ0n) is 14.9. The van der Waals surface area contributed by atoms with Gasteiger partial charge in [-0.05, 0) is 69.5 Å². The number of nitrogens with zero attached hydrogens (tertiary/aromatic N) is 1. The van der Waals surface area contributed by atoms with E-state index in [0.717, 1.165) is 24.8 Å². The number of rotatable bonds is 2. The Morgan fingerprint density at radius 1 is 0.926 bits per heavy atom. The van der Waals surface area contributed by atoms with Crippen molar-refractivity contribution in [2.24, 2.45) is 0 Å². The molecule has 3 heteroatoms. The quantitative estimate of drug-likeness (QED) is 0.494. The van der Waals surface area contributed by atoms with Gasteiger partial charge >= 0.3 is 5.97 Å². The smallest absolute Gasteiger partial charge is 0.354 e. The molecule has 0 aliphatic heterocycles. The van der Waals surface area contributed by atoms with Crippen LogP contribution in [-0.2, 0) is 12.8 Å². The predicted octanol–water partition coefficient (Wildman–Crippen LogP) is 5.36. The molecule has 1 aliphatic carbocycles. The van der Waals surface area contributed by atoms with E-state index >= 15 is 0 Å². The van der Waals surface area contributed by atoms with Gasteiger partial charge in [0.15, 0.2) is 5.69 Å². The third kappa shape index (κ3) is 2.58. The van der Waals surface area contributed by atoms with Gasteiger partial charge in [0.25, 0.3) is 0 Å². The molecule has 132 valence electrons. The van der Waals surface area contributed by atoms with Crippen molar-refractivity contribution in [3.63, 3.8) is 0 Å². The van der Waals surface area contributed by atoms with Crippen molar-refractivity contribution in [1.82, 2.24) is 4.98 Å². The van der Waals surface area contributed by atoms with Gasteiger partial charge in [0.05, 0.1) is 0 Å². The summed E-state index contributed by atoms with van der Waals surface area (Å²) in [5.74, 6) is -0.739. The van der Waals surface area contributed by atoms with Gasteiger partial charge in [-0.2, -0.15) is 0 Å². The van der Waals surface area contributed by atoms with Crippen LogP contribution >= 0.6 is 0 Å². The summed E-state index contributed by atoms with van der Waals surface area (Å²) in [4.78, 5) is 15.6. The van der Waals surface area contributed by atoms with Crippen molar-refractivity contribution in [1.29, 1.82) is 0 Å². The van der Waals surface area contributed by atoms with Crippen molar-refractivity contribution < 1.29 is 9.90 Å². The first-order chi connectivity index (χ1) is 13.2. The maximum absolute atomic E-state index is 11.5. The molecule has 27 heavy (non-hydrogen) atoms. The van der Waals surface area contributed by atoms with Crippen LogP contribution in [0.5, 0.6) is 0 Å². The fraction of sp³-hybridized carbons (Fsp3) is 0.167. The number of hydrogen-bond donors (Lipinski definition) is 1. The van der Waals surface area contributed by atoms with Crippen molar-refractivity contribution in [2.45, 2.75) is 25.2 Å². The second kappa shape index (κ2) is 6.20. The monoisotopic (exact) mass is 353 g/mol. The molecular weight excluding hydrogens is 334 g/mol. The van der Waals surface area contributed by atoms with Gasteiger partial charge in [-0.15, -0.1) is 0 Å². The zero-order valence-corrected chi connectivity index (χ0v) is 14.9. The van der Waals surface area contributed by atoms with Crippen molar-refractivity contribution in [3.8, 4) is 0 Å². The highest BCUT2D eigenvalue weighted by Crippen LogP contribution is 2.38. The average Bonchev–Trinajstić information content (AvgIpc) is 2.72. The standard InChI is InChI=1S/C24H19NO2/c26-24(27)23-20(6-3-13-25-23)17-8-10-19-16(14-17)9-12-21-18-5-2-1-4-15(18)7-11-22(19)21/h1-7,9,11-13,17H,8,10,14H2,(H,26,27). The SMILES string of the molecule is O=C(O)c1ncccc1C1CCc2c(ccc3c2ccc2ccccc23)C1. The largest absolute Gasteiger partial charge is 0.477 e. The molecule has 1 aliphatic rings. The highest BCUT2D eigenvalue weighted by molar-refractivity contribution is 6.08. The summed E-state index contributed by atoms with van der Waals surface area (Å²) in [6.07, 6.45) is 4.33. The summed E-state index contributed by atoms with van der Waals surface area (Å²) in [7, 11) is 0. The molecule has 3 nitrogen and oxygen atoms in total. The van der Waals surface area contributed by atoms with Crippen LogP contribution in [-0.4, -0.2) is 16.1 Å². The molecule has 1 heterocycles. The molecular formula is C24H19NO2. The minimum Gasteiger partial charge on any atom is -0.477 e. The van der Waals surface area contributed by atoms with E-state index in [9.17, 15) is 9.90 Å². The molecule has 5 rings (SSSR count). The number of pyridine rings is 1. The molecule has 3 aromatic carbocycles. The Morgan fingerprint density at radius 2 is 1.78 bits per heavy atom. The highest BCUT2D eigenvalue weighted by Gasteiger charge is 2.25. The molecule has 0 saturated carbocycles. The molecule has 1 atom stereocenters. The minimum absolute atomic E-state index is 0.192. The number of benzene rings is 3. The second-order valence-electron chi connectivity index (χ2n) is 7.27. The van der Waals surface area contributed by atoms with Gasteiger partial charge < -0.3 is 5.11 Å². The number of aromatic nitrogens is 1. The first-order valence-electron chi connectivity index (χ1n) is 9.33. The lowest BCUT2D eigenvalue weighted by molar-refractivity contribution is 0.0688. The molecule has 1 N–H and O–H groups in total. The Labute approximate surface area is 157 Å². The van der Waals surface area contributed by atoms with Gasteiger partial charge in [-0.1, -0.05) is 54.6 Å². The highest BCUT2D eigenvalue weighted by atomic mass is 16.4. The third-order valence-electron chi connectivity index (χ3n) is 5.83. The van der Waals surface area contributed by atoms with Gasteiger partial charge in [-0.25, -0.2) is 9.78 Å². The molecule has 1 unspecified atom stereocenters. The Balaban J connectivity index is 1.60. The van der Waals surface area contributed by atoms with Gasteiger partial charge in [-0.3, -0.25) is 0 Å². The fourth-order valence-electron chi connectivity index (χ4n) is 4.56. The number of carboxylic acid groups (broad SMARTS) is 1. The van der Waals surface area contributed by atoms with Gasteiger partial charge in [0, 0.05) is 6.20 Å². The van der Waals surface area contributed by atoms with Crippen LogP contribution in [0, 0.1) is 0 Å². The lowest BCUT2D eigenvalue weighted by atomic mass is 9.78. The molecule has 0 radical (unpaired) electrons. The Kier molecular flexibility index (Phi) is 3.68. The van der Waals surface area contributed by atoms with Crippen LogP contribution in [0.2, 0.25) is 0 Å². The van der Waals surface area contributed by atoms with E-state index in [1.165, 1.54) is 32.7 Å². The minimum atomic E-state index is -0.943. The fourth-order valence-corrected chi connectivity index (χ4v) is 4.56. The summed E-state index contributed by atoms with van der Waals surface area (Å²) in [5.41, 5.74) is 3.79. The first kappa shape index (κ1) is 16.0. The summed E-state index contributed by atoms with van der Waals surface area (Å²) < 4.78 is 0. The summed E-state index contributed by atoms with van der Waals surface area (Å²) in [6, 6.07) is 21.2. The first-order valence-corrected chi connectivity index (χ1v) is 9.33. The third-order valence-corrected chi connectivity index (χ3v) is 5.83. The van der Waals surface area contributed by atoms with E-state index in [1.54, 1.807) is 6.20 Å². The number of hydrogen-bond acceptors (Lipinski definition) is 2. The molecule has 0 spiro atoms. The molecule has 0 bridgehead atoms. The van der Waals surface area contributed by atoms with Crippen molar-refractivity contribution in [3.05, 3.63) is 89.2 Å². The van der Waals surface area contributed by atoms with Crippen molar-refractivity contribution in [2.75, 3.05) is 0 Å². The summed E-state index contributed by atoms with van der Waals surface area (Å²) >= 11 is 0. The average molecular weight is 353 g/mol. The predicted molar refractivity (Wildman–Crippen MR) is 107 cm³/mol. The molecule has 0 amide bonds. The molecule has 0 saturated heterocycles. The maximum Gasteiger partial charge on any atom is 0.354 e. The van der Waals surface area contributed by atoms with Crippen LogP contribution in [0.3, 0.4) is 0 Å².